The summed E-state index contributed by atoms with van der Waals surface area (Å²) >= 11 is 5.69. The van der Waals surface area contributed by atoms with Gasteiger partial charge in [-0.15, -0.1) is 11.6 Å². The molecule has 0 aromatic heterocycles. The molecule has 0 radical (unpaired) electrons. The van der Waals surface area contributed by atoms with Crippen LogP contribution in [0, 0.1) is 5.92 Å². The van der Waals surface area contributed by atoms with Gasteiger partial charge in [0.05, 0.1) is 6.10 Å². The highest BCUT2D eigenvalue weighted by Gasteiger charge is 2.28. The van der Waals surface area contributed by atoms with Crippen molar-refractivity contribution in [3.8, 4) is 0 Å². The van der Waals surface area contributed by atoms with Crippen LogP contribution in [0.2, 0.25) is 0 Å². The van der Waals surface area contributed by atoms with E-state index in [2.05, 4.69) is 0 Å². The van der Waals surface area contributed by atoms with E-state index in [9.17, 15) is 9.90 Å². The summed E-state index contributed by atoms with van der Waals surface area (Å²) in [6.45, 7) is 4.88. The lowest BCUT2D eigenvalue weighted by molar-refractivity contribution is -0.134. The first-order valence-electron chi connectivity index (χ1n) is 4.63. The topological polar surface area (TPSA) is 40.5 Å². The molecule has 0 saturated carbocycles. The number of carbonyl (C=O) groups is 1. The van der Waals surface area contributed by atoms with E-state index in [-0.39, 0.29) is 17.9 Å². The average Bonchev–Trinajstić information content (AvgIpc) is 2.08. The van der Waals surface area contributed by atoms with Crippen LogP contribution in [0.1, 0.15) is 20.3 Å². The number of hydrogen-bond acceptors (Lipinski definition) is 2. The fourth-order valence-electron chi connectivity index (χ4n) is 1.58. The fraction of sp³-hybridized carbons (Fsp3) is 0.889. The second-order valence-electron chi connectivity index (χ2n) is 3.73. The molecule has 1 N–H and O–H groups in total. The standard InChI is InChI=1S/C9H16ClNO2/c1-6-5-11(4-3-8(6)12)9(13)7(2)10/h6-8,12H,3-5H2,1-2H3. The van der Waals surface area contributed by atoms with Gasteiger partial charge >= 0.3 is 0 Å². The van der Waals surface area contributed by atoms with E-state index in [1.165, 1.54) is 0 Å². The smallest absolute Gasteiger partial charge is 0.240 e. The summed E-state index contributed by atoms with van der Waals surface area (Å²) in [5.41, 5.74) is 0. The van der Waals surface area contributed by atoms with Crippen molar-refractivity contribution in [3.05, 3.63) is 0 Å². The largest absolute Gasteiger partial charge is 0.393 e. The highest BCUT2D eigenvalue weighted by Crippen LogP contribution is 2.17. The molecule has 3 nitrogen and oxygen atoms in total. The van der Waals surface area contributed by atoms with Gasteiger partial charge in [-0.1, -0.05) is 6.92 Å². The lowest BCUT2D eigenvalue weighted by Crippen LogP contribution is -2.47. The second kappa shape index (κ2) is 4.29. The maximum atomic E-state index is 11.5. The van der Waals surface area contributed by atoms with Crippen molar-refractivity contribution in [2.75, 3.05) is 13.1 Å². The normalized spacial score (nSPS) is 31.5. The molecule has 76 valence electrons. The molecule has 0 aromatic carbocycles. The summed E-state index contributed by atoms with van der Waals surface area (Å²) in [4.78, 5) is 13.2. The molecule has 4 heteroatoms. The summed E-state index contributed by atoms with van der Waals surface area (Å²) in [6, 6.07) is 0. The molecule has 1 heterocycles. The van der Waals surface area contributed by atoms with Crippen LogP contribution in [0.5, 0.6) is 0 Å². The zero-order valence-electron chi connectivity index (χ0n) is 8.03. The molecule has 1 rings (SSSR count). The van der Waals surface area contributed by atoms with Gasteiger partial charge in [0, 0.05) is 13.1 Å². The minimum Gasteiger partial charge on any atom is -0.393 e. The van der Waals surface area contributed by atoms with Crippen molar-refractivity contribution >= 4 is 17.5 Å². The molecular weight excluding hydrogens is 190 g/mol. The van der Waals surface area contributed by atoms with E-state index in [0.29, 0.717) is 19.5 Å². The number of carbonyl (C=O) groups excluding carboxylic acids is 1. The Bertz CT molecular complexity index is 196. The predicted octanol–water partition coefficient (Wildman–Crippen LogP) is 0.843. The van der Waals surface area contributed by atoms with Crippen LogP contribution >= 0.6 is 11.6 Å². The fourth-order valence-corrected chi connectivity index (χ4v) is 1.72. The van der Waals surface area contributed by atoms with Crippen LogP contribution in [-0.4, -0.2) is 40.5 Å². The van der Waals surface area contributed by atoms with E-state index >= 15 is 0 Å². The first-order valence-corrected chi connectivity index (χ1v) is 5.07. The summed E-state index contributed by atoms with van der Waals surface area (Å²) in [7, 11) is 0. The van der Waals surface area contributed by atoms with Crippen molar-refractivity contribution in [3.63, 3.8) is 0 Å². The van der Waals surface area contributed by atoms with Crippen molar-refractivity contribution in [2.45, 2.75) is 31.7 Å². The monoisotopic (exact) mass is 205 g/mol. The number of halogens is 1. The molecule has 1 aliphatic heterocycles. The minimum absolute atomic E-state index is 0.0274. The number of likely N-dealkylation sites (tertiary alicyclic amines) is 1. The molecule has 3 unspecified atom stereocenters. The predicted molar refractivity (Wildman–Crippen MR) is 51.7 cm³/mol. The summed E-state index contributed by atoms with van der Waals surface area (Å²) in [5.74, 6) is 0.133. The Kier molecular flexibility index (Phi) is 3.56. The van der Waals surface area contributed by atoms with Gasteiger partial charge in [-0.05, 0) is 19.3 Å². The van der Waals surface area contributed by atoms with E-state index in [1.807, 2.05) is 6.92 Å². The van der Waals surface area contributed by atoms with E-state index in [4.69, 9.17) is 11.6 Å². The molecule has 1 amide bonds. The van der Waals surface area contributed by atoms with Crippen molar-refractivity contribution in [2.24, 2.45) is 5.92 Å². The minimum atomic E-state index is -0.456. The number of nitrogens with zero attached hydrogens (tertiary/aromatic N) is 1. The SMILES string of the molecule is CC(Cl)C(=O)N1CCC(O)C(C)C1. The zero-order valence-corrected chi connectivity index (χ0v) is 8.79. The second-order valence-corrected chi connectivity index (χ2v) is 4.39. The Morgan fingerprint density at radius 1 is 1.69 bits per heavy atom. The number of piperidine rings is 1. The highest BCUT2D eigenvalue weighted by molar-refractivity contribution is 6.30. The van der Waals surface area contributed by atoms with Crippen molar-refractivity contribution < 1.29 is 9.90 Å². The summed E-state index contributed by atoms with van der Waals surface area (Å²) in [6.07, 6.45) is 0.394. The van der Waals surface area contributed by atoms with Crippen molar-refractivity contribution in [1.29, 1.82) is 0 Å². The molecule has 1 saturated heterocycles. The molecule has 0 bridgehead atoms. The van der Waals surface area contributed by atoms with Gasteiger partial charge in [-0.2, -0.15) is 0 Å². The lowest BCUT2D eigenvalue weighted by atomic mass is 9.96. The Labute approximate surface area is 83.7 Å². The zero-order chi connectivity index (χ0) is 10.0. The van der Waals surface area contributed by atoms with Crippen LogP contribution in [0.15, 0.2) is 0 Å². The maximum Gasteiger partial charge on any atom is 0.240 e. The van der Waals surface area contributed by atoms with Gasteiger partial charge in [0.25, 0.3) is 0 Å². The van der Waals surface area contributed by atoms with E-state index in [0.717, 1.165) is 0 Å². The number of alkyl halides is 1. The van der Waals surface area contributed by atoms with Gasteiger partial charge in [0.2, 0.25) is 5.91 Å². The third kappa shape index (κ3) is 2.58. The van der Waals surface area contributed by atoms with Crippen LogP contribution in [0.4, 0.5) is 0 Å². The third-order valence-electron chi connectivity index (χ3n) is 2.51. The number of amides is 1. The van der Waals surface area contributed by atoms with Gasteiger partial charge in [0.15, 0.2) is 0 Å². The van der Waals surface area contributed by atoms with E-state index < -0.39 is 5.38 Å². The molecule has 1 aliphatic rings. The van der Waals surface area contributed by atoms with Gasteiger partial charge in [-0.25, -0.2) is 0 Å². The first kappa shape index (κ1) is 10.8. The average molecular weight is 206 g/mol. The van der Waals surface area contributed by atoms with Gasteiger partial charge in [0.1, 0.15) is 5.38 Å². The summed E-state index contributed by atoms with van der Waals surface area (Å²) < 4.78 is 0. The molecule has 1 fully saturated rings. The van der Waals surface area contributed by atoms with Crippen LogP contribution < -0.4 is 0 Å². The van der Waals surface area contributed by atoms with E-state index in [1.54, 1.807) is 11.8 Å². The van der Waals surface area contributed by atoms with Gasteiger partial charge in [-0.3, -0.25) is 4.79 Å². The first-order chi connectivity index (χ1) is 6.02. The molecule has 0 aliphatic carbocycles. The molecule has 0 spiro atoms. The maximum absolute atomic E-state index is 11.5. The van der Waals surface area contributed by atoms with Crippen LogP contribution in [-0.2, 0) is 4.79 Å². The van der Waals surface area contributed by atoms with Crippen LogP contribution in [0.25, 0.3) is 0 Å². The van der Waals surface area contributed by atoms with Crippen molar-refractivity contribution in [1.82, 2.24) is 4.90 Å². The Morgan fingerprint density at radius 2 is 2.31 bits per heavy atom. The molecular formula is C9H16ClNO2. The Morgan fingerprint density at radius 3 is 2.77 bits per heavy atom. The lowest BCUT2D eigenvalue weighted by Gasteiger charge is -2.34. The molecule has 3 atom stereocenters. The Hall–Kier alpha value is -0.280. The number of aliphatic hydroxyl groups excluding tert-OH is 1. The van der Waals surface area contributed by atoms with Gasteiger partial charge < -0.3 is 10.0 Å². The Balaban J connectivity index is 2.50. The van der Waals surface area contributed by atoms with Crippen LogP contribution in [0.3, 0.4) is 0 Å². The number of hydrogen-bond donors (Lipinski definition) is 1. The number of aliphatic hydroxyl groups is 1. The molecule has 0 aromatic rings. The summed E-state index contributed by atoms with van der Waals surface area (Å²) in [5, 5.41) is 8.99. The third-order valence-corrected chi connectivity index (χ3v) is 2.70. The molecule has 13 heavy (non-hydrogen) atoms. The highest BCUT2D eigenvalue weighted by atomic mass is 35.5. The number of rotatable bonds is 1. The quantitative estimate of drug-likeness (QED) is 0.645.